The zero-order chi connectivity index (χ0) is 14.7. The standard InChI is InChI=1S/C18H23NO2/c1-14-3-2-10-19(11-8-14)18(20)7-5-15-4-6-17-16(13-15)9-12-21-17/h4-7,13-14H,2-3,8-12H2,1H3/b7-5+. The molecule has 0 bridgehead atoms. The first-order chi connectivity index (χ1) is 10.2. The van der Waals surface area contributed by atoms with E-state index in [0.717, 1.165) is 56.2 Å². The highest BCUT2D eigenvalue weighted by atomic mass is 16.5. The quantitative estimate of drug-likeness (QED) is 0.780. The number of nitrogens with zero attached hydrogens (tertiary/aromatic N) is 1. The maximum Gasteiger partial charge on any atom is 0.246 e. The van der Waals surface area contributed by atoms with Gasteiger partial charge in [0.1, 0.15) is 5.75 Å². The van der Waals surface area contributed by atoms with Gasteiger partial charge in [-0.15, -0.1) is 0 Å². The van der Waals surface area contributed by atoms with Crippen molar-refractivity contribution < 1.29 is 9.53 Å². The second-order valence-electron chi connectivity index (χ2n) is 6.16. The number of carbonyl (C=O) groups is 1. The molecule has 1 aromatic carbocycles. The van der Waals surface area contributed by atoms with Crippen molar-refractivity contribution in [1.82, 2.24) is 4.90 Å². The summed E-state index contributed by atoms with van der Waals surface area (Å²) in [7, 11) is 0. The predicted molar refractivity (Wildman–Crippen MR) is 84.3 cm³/mol. The van der Waals surface area contributed by atoms with Gasteiger partial charge in [0.2, 0.25) is 5.91 Å². The Bertz CT molecular complexity index is 550. The molecule has 1 aromatic rings. The number of amides is 1. The largest absolute Gasteiger partial charge is 0.493 e. The maximum atomic E-state index is 12.3. The molecule has 3 heteroatoms. The Labute approximate surface area is 126 Å². The molecule has 0 N–H and O–H groups in total. The number of rotatable bonds is 2. The van der Waals surface area contributed by atoms with E-state index in [0.29, 0.717) is 0 Å². The number of carbonyl (C=O) groups excluding carboxylic acids is 1. The summed E-state index contributed by atoms with van der Waals surface area (Å²) >= 11 is 0. The Morgan fingerprint density at radius 1 is 1.33 bits per heavy atom. The summed E-state index contributed by atoms with van der Waals surface area (Å²) in [5, 5.41) is 0. The minimum absolute atomic E-state index is 0.140. The van der Waals surface area contributed by atoms with Crippen LogP contribution in [0.25, 0.3) is 6.08 Å². The molecular weight excluding hydrogens is 262 g/mol. The van der Waals surface area contributed by atoms with Crippen molar-refractivity contribution >= 4 is 12.0 Å². The SMILES string of the molecule is CC1CCCN(C(=O)/C=C/c2ccc3c(c2)CCO3)CC1. The van der Waals surface area contributed by atoms with Gasteiger partial charge in [-0.05, 0) is 54.5 Å². The molecule has 0 saturated carbocycles. The molecule has 0 spiro atoms. The average molecular weight is 285 g/mol. The normalized spacial score (nSPS) is 22.0. The Balaban J connectivity index is 1.63. The lowest BCUT2D eigenvalue weighted by Gasteiger charge is -2.18. The molecule has 0 aromatic heterocycles. The number of likely N-dealkylation sites (tertiary alicyclic amines) is 1. The fourth-order valence-corrected chi connectivity index (χ4v) is 3.07. The monoisotopic (exact) mass is 285 g/mol. The van der Waals surface area contributed by atoms with Gasteiger partial charge in [-0.1, -0.05) is 13.0 Å². The molecule has 1 unspecified atom stereocenters. The Hall–Kier alpha value is -1.77. The van der Waals surface area contributed by atoms with Gasteiger partial charge in [0, 0.05) is 25.6 Å². The van der Waals surface area contributed by atoms with Gasteiger partial charge in [0.25, 0.3) is 0 Å². The van der Waals surface area contributed by atoms with E-state index in [2.05, 4.69) is 13.0 Å². The third kappa shape index (κ3) is 3.46. The Kier molecular flexibility index (Phi) is 4.28. The molecule has 2 aliphatic heterocycles. The molecule has 2 aliphatic rings. The molecule has 2 heterocycles. The van der Waals surface area contributed by atoms with E-state index in [1.807, 2.05) is 23.1 Å². The van der Waals surface area contributed by atoms with Crippen LogP contribution in [0.1, 0.15) is 37.3 Å². The van der Waals surface area contributed by atoms with Crippen molar-refractivity contribution in [3.8, 4) is 5.75 Å². The first kappa shape index (κ1) is 14.2. The average Bonchev–Trinajstić information content (AvgIpc) is 2.85. The van der Waals surface area contributed by atoms with Crippen LogP contribution in [0.3, 0.4) is 0 Å². The fourth-order valence-electron chi connectivity index (χ4n) is 3.07. The molecule has 0 aliphatic carbocycles. The number of hydrogen-bond donors (Lipinski definition) is 0. The summed E-state index contributed by atoms with van der Waals surface area (Å²) in [6.07, 6.45) is 8.09. The van der Waals surface area contributed by atoms with Crippen molar-refractivity contribution in [2.75, 3.05) is 19.7 Å². The third-order valence-corrected chi connectivity index (χ3v) is 4.46. The third-order valence-electron chi connectivity index (χ3n) is 4.46. The van der Waals surface area contributed by atoms with Gasteiger partial charge in [0.05, 0.1) is 6.61 Å². The molecular formula is C18H23NO2. The number of fused-ring (bicyclic) bond motifs is 1. The Morgan fingerprint density at radius 2 is 2.24 bits per heavy atom. The zero-order valence-corrected chi connectivity index (χ0v) is 12.7. The summed E-state index contributed by atoms with van der Waals surface area (Å²) in [6.45, 7) is 4.83. The molecule has 21 heavy (non-hydrogen) atoms. The number of ether oxygens (including phenoxy) is 1. The van der Waals surface area contributed by atoms with Crippen LogP contribution in [-0.4, -0.2) is 30.5 Å². The van der Waals surface area contributed by atoms with Crippen molar-refractivity contribution in [3.63, 3.8) is 0 Å². The lowest BCUT2D eigenvalue weighted by Crippen LogP contribution is -2.30. The minimum atomic E-state index is 0.140. The zero-order valence-electron chi connectivity index (χ0n) is 12.7. The topological polar surface area (TPSA) is 29.5 Å². The van der Waals surface area contributed by atoms with E-state index >= 15 is 0 Å². The van der Waals surface area contributed by atoms with Gasteiger partial charge >= 0.3 is 0 Å². The van der Waals surface area contributed by atoms with Gasteiger partial charge in [-0.3, -0.25) is 4.79 Å². The van der Waals surface area contributed by atoms with E-state index in [9.17, 15) is 4.79 Å². The first-order valence-corrected chi connectivity index (χ1v) is 7.95. The van der Waals surface area contributed by atoms with Gasteiger partial charge < -0.3 is 9.64 Å². The summed E-state index contributed by atoms with van der Waals surface area (Å²) in [5.41, 5.74) is 2.32. The van der Waals surface area contributed by atoms with E-state index in [1.54, 1.807) is 6.08 Å². The molecule has 0 radical (unpaired) electrons. The molecule has 3 nitrogen and oxygen atoms in total. The number of benzene rings is 1. The highest BCUT2D eigenvalue weighted by Crippen LogP contribution is 2.26. The van der Waals surface area contributed by atoms with Gasteiger partial charge in [-0.2, -0.15) is 0 Å². The molecule has 1 saturated heterocycles. The minimum Gasteiger partial charge on any atom is -0.493 e. The Morgan fingerprint density at radius 3 is 3.14 bits per heavy atom. The number of hydrogen-bond acceptors (Lipinski definition) is 2. The van der Waals surface area contributed by atoms with Gasteiger partial charge in [0.15, 0.2) is 0 Å². The lowest BCUT2D eigenvalue weighted by molar-refractivity contribution is -0.125. The lowest BCUT2D eigenvalue weighted by atomic mass is 10.0. The first-order valence-electron chi connectivity index (χ1n) is 7.95. The molecule has 3 rings (SSSR count). The summed E-state index contributed by atoms with van der Waals surface area (Å²) in [5.74, 6) is 1.87. The van der Waals surface area contributed by atoms with Crippen molar-refractivity contribution in [2.24, 2.45) is 5.92 Å². The van der Waals surface area contributed by atoms with Crippen LogP contribution in [0, 0.1) is 5.92 Å². The fraction of sp³-hybridized carbons (Fsp3) is 0.500. The molecule has 1 atom stereocenters. The van der Waals surface area contributed by atoms with Gasteiger partial charge in [-0.25, -0.2) is 0 Å². The second kappa shape index (κ2) is 6.33. The second-order valence-corrected chi connectivity index (χ2v) is 6.16. The van der Waals surface area contributed by atoms with Crippen LogP contribution in [0.2, 0.25) is 0 Å². The smallest absolute Gasteiger partial charge is 0.246 e. The van der Waals surface area contributed by atoms with Crippen LogP contribution in [-0.2, 0) is 11.2 Å². The highest BCUT2D eigenvalue weighted by molar-refractivity contribution is 5.91. The maximum absolute atomic E-state index is 12.3. The predicted octanol–water partition coefficient (Wildman–Crippen LogP) is 3.28. The van der Waals surface area contributed by atoms with Crippen LogP contribution >= 0.6 is 0 Å². The highest BCUT2D eigenvalue weighted by Gasteiger charge is 2.16. The summed E-state index contributed by atoms with van der Waals surface area (Å²) < 4.78 is 5.50. The van der Waals surface area contributed by atoms with E-state index in [-0.39, 0.29) is 5.91 Å². The van der Waals surface area contributed by atoms with Crippen LogP contribution in [0.5, 0.6) is 5.75 Å². The summed E-state index contributed by atoms with van der Waals surface area (Å²) in [6, 6.07) is 6.13. The van der Waals surface area contributed by atoms with Crippen molar-refractivity contribution in [2.45, 2.75) is 32.6 Å². The van der Waals surface area contributed by atoms with Crippen molar-refractivity contribution in [1.29, 1.82) is 0 Å². The van der Waals surface area contributed by atoms with E-state index in [4.69, 9.17) is 4.74 Å². The van der Waals surface area contributed by atoms with Crippen LogP contribution < -0.4 is 4.74 Å². The van der Waals surface area contributed by atoms with Crippen LogP contribution in [0.4, 0.5) is 0 Å². The van der Waals surface area contributed by atoms with E-state index in [1.165, 1.54) is 12.0 Å². The van der Waals surface area contributed by atoms with Crippen molar-refractivity contribution in [3.05, 3.63) is 35.4 Å². The summed E-state index contributed by atoms with van der Waals surface area (Å²) in [4.78, 5) is 14.3. The van der Waals surface area contributed by atoms with E-state index < -0.39 is 0 Å². The molecule has 1 amide bonds. The molecule has 112 valence electrons. The van der Waals surface area contributed by atoms with Crippen LogP contribution in [0.15, 0.2) is 24.3 Å². The molecule has 1 fully saturated rings.